The van der Waals surface area contributed by atoms with E-state index in [0.717, 1.165) is 51.4 Å². The summed E-state index contributed by atoms with van der Waals surface area (Å²) in [7, 11) is 0. The van der Waals surface area contributed by atoms with Crippen LogP contribution in [0.15, 0.2) is 85.1 Å². The van der Waals surface area contributed by atoms with Crippen LogP contribution >= 0.6 is 0 Å². The zero-order chi connectivity index (χ0) is 49.6. The number of ether oxygens (including phenoxy) is 6. The lowest BCUT2D eigenvalue weighted by atomic mass is 9.98. The van der Waals surface area contributed by atoms with Gasteiger partial charge in [-0.15, -0.1) is 0 Å². The van der Waals surface area contributed by atoms with E-state index in [4.69, 9.17) is 28.4 Å². The third-order valence-electron chi connectivity index (χ3n) is 11.5. The molecule has 2 fully saturated rings. The molecule has 4 unspecified atom stereocenters. The Labute approximate surface area is 405 Å². The number of rotatable bonds is 37. The second kappa shape index (κ2) is 39.4. The second-order valence-corrected chi connectivity index (χ2v) is 17.3. The van der Waals surface area contributed by atoms with Gasteiger partial charge in [-0.3, -0.25) is 4.79 Å². The molecule has 388 valence electrons. The zero-order valence-corrected chi connectivity index (χ0v) is 40.8. The maximum absolute atomic E-state index is 13.0. The minimum Gasteiger partial charge on any atom is -0.458 e. The summed E-state index contributed by atoms with van der Waals surface area (Å²) in [5, 5.41) is 72.0. The van der Waals surface area contributed by atoms with Crippen molar-refractivity contribution >= 4 is 11.9 Å². The molecule has 2 aliphatic rings. The molecule has 15 nitrogen and oxygen atoms in total. The molecule has 2 aliphatic heterocycles. The van der Waals surface area contributed by atoms with Gasteiger partial charge in [0.25, 0.3) is 0 Å². The van der Waals surface area contributed by atoms with E-state index in [1.54, 1.807) is 12.2 Å². The zero-order valence-electron chi connectivity index (χ0n) is 40.8. The molecule has 0 spiro atoms. The highest BCUT2D eigenvalue weighted by Gasteiger charge is 2.47. The first-order chi connectivity index (χ1) is 33.0. The van der Waals surface area contributed by atoms with Gasteiger partial charge in [-0.05, 0) is 57.8 Å². The summed E-state index contributed by atoms with van der Waals surface area (Å²) in [4.78, 5) is 25.6. The third-order valence-corrected chi connectivity index (χ3v) is 11.5. The number of hydrogen-bond donors (Lipinski definition) is 7. The van der Waals surface area contributed by atoms with Crippen molar-refractivity contribution in [2.24, 2.45) is 0 Å². The summed E-state index contributed by atoms with van der Waals surface area (Å²) >= 11 is 0. The summed E-state index contributed by atoms with van der Waals surface area (Å²) in [5.74, 6) is -1.25. The average Bonchev–Trinajstić information content (AvgIpc) is 3.33. The smallest absolute Gasteiger partial charge is 0.330 e. The first-order valence-corrected chi connectivity index (χ1v) is 25.2. The summed E-state index contributed by atoms with van der Waals surface area (Å²) in [6, 6.07) is 0. The van der Waals surface area contributed by atoms with Gasteiger partial charge in [-0.2, -0.15) is 0 Å². The first kappa shape index (κ1) is 60.8. The van der Waals surface area contributed by atoms with Crippen LogP contribution in [0.3, 0.4) is 0 Å². The fourth-order valence-corrected chi connectivity index (χ4v) is 7.34. The van der Waals surface area contributed by atoms with Crippen LogP contribution in [-0.2, 0) is 38.0 Å². The van der Waals surface area contributed by atoms with Crippen molar-refractivity contribution < 1.29 is 73.8 Å². The molecule has 0 radical (unpaired) electrons. The van der Waals surface area contributed by atoms with Crippen molar-refractivity contribution in [3.63, 3.8) is 0 Å². The molecular weight excluding hydrogens is 877 g/mol. The van der Waals surface area contributed by atoms with E-state index in [1.165, 1.54) is 63.9 Å². The van der Waals surface area contributed by atoms with Gasteiger partial charge >= 0.3 is 11.9 Å². The summed E-state index contributed by atoms with van der Waals surface area (Å²) in [6.45, 7) is 2.27. The van der Waals surface area contributed by atoms with Crippen molar-refractivity contribution in [3.8, 4) is 0 Å². The van der Waals surface area contributed by atoms with Gasteiger partial charge in [-0.25, -0.2) is 4.79 Å². The molecule has 0 aromatic rings. The largest absolute Gasteiger partial charge is 0.458 e. The molecular formula is C53H86O15. The molecule has 0 aliphatic carbocycles. The predicted octanol–water partition coefficient (Wildman–Crippen LogP) is 6.82. The van der Waals surface area contributed by atoms with Gasteiger partial charge in [0.05, 0.1) is 19.8 Å². The maximum atomic E-state index is 13.0. The van der Waals surface area contributed by atoms with Crippen LogP contribution in [0.2, 0.25) is 0 Å². The highest BCUT2D eigenvalue weighted by Crippen LogP contribution is 2.26. The van der Waals surface area contributed by atoms with Gasteiger partial charge in [0.15, 0.2) is 18.7 Å². The van der Waals surface area contributed by atoms with Crippen LogP contribution in [0.4, 0.5) is 0 Å². The van der Waals surface area contributed by atoms with Crippen molar-refractivity contribution in [2.45, 2.75) is 210 Å². The lowest BCUT2D eigenvalue weighted by Gasteiger charge is -2.42. The van der Waals surface area contributed by atoms with Crippen LogP contribution in [0, 0.1) is 0 Å². The Morgan fingerprint density at radius 2 is 1.03 bits per heavy atom. The molecule has 0 aromatic heterocycles. The topological polar surface area (TPSA) is 231 Å². The second-order valence-electron chi connectivity index (χ2n) is 17.3. The van der Waals surface area contributed by atoms with Gasteiger partial charge in [0.2, 0.25) is 0 Å². The SMILES string of the molecule is CC/C=C/C/C=C/C/C=C/C/C=C/C/C=C/CCCC(=O)O[C@H](COC(=O)/C=C/C=C/CCCCCCCCCCCCC)CO[C@H]1O[C@@H](CO[C@H]2O[C@@H](CO)[C@@H](O)C(O)C2O)[C@@H](O)C(O)C1O. The van der Waals surface area contributed by atoms with Crippen molar-refractivity contribution in [1.29, 1.82) is 0 Å². The fraction of sp³-hybridized carbons (Fsp3) is 0.698. The van der Waals surface area contributed by atoms with Gasteiger partial charge in [-0.1, -0.05) is 157 Å². The van der Waals surface area contributed by atoms with E-state index in [-0.39, 0.29) is 6.42 Å². The highest BCUT2D eigenvalue weighted by molar-refractivity contribution is 5.82. The molecule has 2 saturated heterocycles. The highest BCUT2D eigenvalue weighted by atomic mass is 16.7. The Morgan fingerprint density at radius 3 is 1.60 bits per heavy atom. The number of aliphatic hydroxyl groups excluding tert-OH is 7. The van der Waals surface area contributed by atoms with Crippen LogP contribution < -0.4 is 0 Å². The van der Waals surface area contributed by atoms with Crippen LogP contribution in [-0.4, -0.2) is 142 Å². The molecule has 0 amide bonds. The van der Waals surface area contributed by atoms with E-state index in [2.05, 4.69) is 62.5 Å². The third kappa shape index (κ3) is 27.2. The molecule has 0 aromatic carbocycles. The molecule has 0 bridgehead atoms. The Kier molecular flexibility index (Phi) is 35.2. The van der Waals surface area contributed by atoms with E-state index in [1.807, 2.05) is 18.2 Å². The first-order valence-electron chi connectivity index (χ1n) is 25.2. The fourth-order valence-electron chi connectivity index (χ4n) is 7.34. The van der Waals surface area contributed by atoms with Crippen LogP contribution in [0.1, 0.15) is 142 Å². The molecule has 0 saturated carbocycles. The molecule has 2 rings (SSSR count). The Hall–Kier alpha value is -3.32. The van der Waals surface area contributed by atoms with Crippen LogP contribution in [0.5, 0.6) is 0 Å². The maximum Gasteiger partial charge on any atom is 0.330 e. The Morgan fingerprint density at radius 1 is 0.529 bits per heavy atom. The lowest BCUT2D eigenvalue weighted by molar-refractivity contribution is -0.332. The summed E-state index contributed by atoms with van der Waals surface area (Å²) < 4.78 is 33.3. The number of carbonyl (C=O) groups is 2. The number of hydrogen-bond acceptors (Lipinski definition) is 15. The van der Waals surface area contributed by atoms with Crippen molar-refractivity contribution in [2.75, 3.05) is 26.4 Å². The summed E-state index contributed by atoms with van der Waals surface area (Å²) in [5.41, 5.74) is 0. The van der Waals surface area contributed by atoms with Gasteiger partial charge in [0.1, 0.15) is 55.4 Å². The number of esters is 2. The van der Waals surface area contributed by atoms with Crippen molar-refractivity contribution in [1.82, 2.24) is 0 Å². The average molecular weight is 963 g/mol. The molecule has 7 N–H and O–H groups in total. The quantitative estimate of drug-likeness (QED) is 0.0111. The van der Waals surface area contributed by atoms with Gasteiger partial charge in [0, 0.05) is 12.5 Å². The normalized spacial score (nSPS) is 26.5. The molecule has 68 heavy (non-hydrogen) atoms. The van der Waals surface area contributed by atoms with E-state index < -0.39 is 106 Å². The minimum absolute atomic E-state index is 0.0629. The molecule has 11 atom stereocenters. The number of allylic oxidation sites excluding steroid dienone is 13. The van der Waals surface area contributed by atoms with E-state index in [9.17, 15) is 45.3 Å². The van der Waals surface area contributed by atoms with Crippen LogP contribution in [0.25, 0.3) is 0 Å². The van der Waals surface area contributed by atoms with Crippen molar-refractivity contribution in [3.05, 3.63) is 85.1 Å². The molecule has 2 heterocycles. The predicted molar refractivity (Wildman–Crippen MR) is 261 cm³/mol. The number of aliphatic hydroxyl groups is 7. The molecule has 15 heteroatoms. The van der Waals surface area contributed by atoms with E-state index >= 15 is 0 Å². The minimum atomic E-state index is -1.79. The standard InChI is InChI=1S/C53H86O15/c1-3-5-7-9-11-13-15-17-19-20-22-24-26-28-30-32-34-36-45(56)66-41(38-63-44(55)35-33-31-29-27-25-23-21-18-16-14-12-10-8-6-4-2)39-64-52-51(62)49(60)47(58)43(68-52)40-65-53-50(61)48(59)46(57)42(37-54)67-53/h5,7,11,13,17,19,22,24,28-31,33,35,41-43,46-54,57-62H,3-4,6,8-10,12,14-16,18,20-21,23,25-27,32,34,36-40H2,1-2H3/b7-5+,13-11+,19-17+,24-22+,30-28+,31-29+,35-33+/t41-,42+,43+,46-,47-,48?,49?,50?,51?,52+,53+/m1/s1. The Balaban J connectivity index is 1.88. The van der Waals surface area contributed by atoms with Gasteiger partial charge < -0.3 is 64.2 Å². The lowest BCUT2D eigenvalue weighted by Crippen LogP contribution is -2.61. The number of unbranched alkanes of at least 4 members (excludes halogenated alkanes) is 12. The monoisotopic (exact) mass is 963 g/mol. The van der Waals surface area contributed by atoms with E-state index in [0.29, 0.717) is 12.8 Å². The number of carbonyl (C=O) groups excluding carboxylic acids is 2. The Bertz CT molecular complexity index is 1510. The summed E-state index contributed by atoms with van der Waals surface area (Å²) in [6.07, 6.45) is 31.1.